The van der Waals surface area contributed by atoms with Gasteiger partial charge in [0, 0.05) is 19.8 Å². The molecule has 3 unspecified atom stereocenters. The summed E-state index contributed by atoms with van der Waals surface area (Å²) in [7, 11) is -1.42. The molecule has 0 bridgehead atoms. The lowest BCUT2D eigenvalue weighted by Crippen LogP contribution is -2.49. The zero-order valence-corrected chi connectivity index (χ0v) is 14.2. The van der Waals surface area contributed by atoms with Gasteiger partial charge >= 0.3 is 0 Å². The van der Waals surface area contributed by atoms with Gasteiger partial charge < -0.3 is 10.1 Å². The average molecular weight is 305 g/mol. The van der Waals surface area contributed by atoms with E-state index in [1.54, 1.807) is 7.11 Å². The van der Waals surface area contributed by atoms with Crippen LogP contribution in [0.25, 0.3) is 0 Å². The predicted molar refractivity (Wildman–Crippen MR) is 83.7 cm³/mol. The van der Waals surface area contributed by atoms with Crippen molar-refractivity contribution in [3.05, 3.63) is 0 Å². The zero-order chi connectivity index (χ0) is 15.2. The van der Waals surface area contributed by atoms with E-state index in [4.69, 9.17) is 4.74 Å². The second-order valence-corrected chi connectivity index (χ2v) is 8.57. The molecule has 4 nitrogen and oxygen atoms in total. The third kappa shape index (κ3) is 5.01. The van der Waals surface area contributed by atoms with Crippen LogP contribution in [0.15, 0.2) is 0 Å². The van der Waals surface area contributed by atoms with Crippen LogP contribution in [0.4, 0.5) is 0 Å². The van der Waals surface area contributed by atoms with Gasteiger partial charge in [-0.05, 0) is 44.1 Å². The molecule has 1 N–H and O–H groups in total. The molecule has 3 atom stereocenters. The normalized spacial score (nSPS) is 27.9. The maximum absolute atomic E-state index is 12.6. The van der Waals surface area contributed by atoms with E-state index in [0.29, 0.717) is 24.9 Å². The molecule has 1 saturated carbocycles. The first-order valence-corrected chi connectivity index (χ1v) is 9.57. The molecule has 0 aromatic carbocycles. The Morgan fingerprint density at radius 3 is 2.55 bits per heavy atom. The molecule has 0 aromatic rings. The summed E-state index contributed by atoms with van der Waals surface area (Å²) in [4.78, 5) is 0. The van der Waals surface area contributed by atoms with Crippen LogP contribution in [0.1, 0.15) is 46.5 Å². The average Bonchev–Trinajstić information content (AvgIpc) is 2.39. The van der Waals surface area contributed by atoms with Crippen LogP contribution >= 0.6 is 0 Å². The van der Waals surface area contributed by atoms with Crippen LogP contribution in [0.5, 0.6) is 0 Å². The molecule has 0 radical (unpaired) electrons. The number of nitrogens with one attached hydrogen (secondary N) is 1. The summed E-state index contributed by atoms with van der Waals surface area (Å²) < 4.78 is 30.2. The fourth-order valence-corrected chi connectivity index (χ4v) is 5.31. The van der Waals surface area contributed by atoms with E-state index in [-0.39, 0.29) is 17.0 Å². The topological polar surface area (TPSA) is 55.4 Å². The predicted octanol–water partition coefficient (Wildman–Crippen LogP) is 2.24. The van der Waals surface area contributed by atoms with E-state index in [1.807, 2.05) is 6.92 Å². The standard InChI is InChI=1S/C15H31NO3S/c1-5-16-14-8-7-13(12(2)3)11-15(14)20(17,18)10-6-9-19-4/h12-16H,5-11H2,1-4H3. The van der Waals surface area contributed by atoms with Gasteiger partial charge in [0.2, 0.25) is 0 Å². The van der Waals surface area contributed by atoms with Crippen LogP contribution in [-0.4, -0.2) is 45.7 Å². The first-order valence-electron chi connectivity index (χ1n) is 7.86. The van der Waals surface area contributed by atoms with Gasteiger partial charge in [-0.2, -0.15) is 0 Å². The maximum atomic E-state index is 12.6. The van der Waals surface area contributed by atoms with Gasteiger partial charge in [-0.25, -0.2) is 8.42 Å². The monoisotopic (exact) mass is 305 g/mol. The summed E-state index contributed by atoms with van der Waals surface area (Å²) in [6.07, 6.45) is 3.52. The highest BCUT2D eigenvalue weighted by atomic mass is 32.2. The van der Waals surface area contributed by atoms with Gasteiger partial charge in [-0.3, -0.25) is 0 Å². The maximum Gasteiger partial charge on any atom is 0.154 e. The summed E-state index contributed by atoms with van der Waals surface area (Å²) in [5.41, 5.74) is 0. The zero-order valence-electron chi connectivity index (χ0n) is 13.4. The molecule has 1 fully saturated rings. The number of ether oxygens (including phenoxy) is 1. The van der Waals surface area contributed by atoms with Crippen molar-refractivity contribution in [1.29, 1.82) is 0 Å². The van der Waals surface area contributed by atoms with Crippen molar-refractivity contribution >= 4 is 9.84 Å². The van der Waals surface area contributed by atoms with E-state index >= 15 is 0 Å². The van der Waals surface area contributed by atoms with Gasteiger partial charge in [-0.1, -0.05) is 20.8 Å². The Morgan fingerprint density at radius 2 is 2.00 bits per heavy atom. The number of hydrogen-bond donors (Lipinski definition) is 1. The lowest BCUT2D eigenvalue weighted by atomic mass is 9.79. The fourth-order valence-electron chi connectivity index (χ4n) is 3.21. The molecule has 1 aliphatic rings. The quantitative estimate of drug-likeness (QED) is 0.699. The number of sulfone groups is 1. The summed E-state index contributed by atoms with van der Waals surface area (Å²) in [6.45, 7) is 7.80. The van der Waals surface area contributed by atoms with Crippen molar-refractivity contribution in [3.8, 4) is 0 Å². The molecule has 0 aliphatic heterocycles. The van der Waals surface area contributed by atoms with Crippen molar-refractivity contribution in [2.75, 3.05) is 26.0 Å². The van der Waals surface area contributed by atoms with Crippen molar-refractivity contribution < 1.29 is 13.2 Å². The van der Waals surface area contributed by atoms with E-state index in [2.05, 4.69) is 19.2 Å². The molecule has 20 heavy (non-hydrogen) atoms. The molecular weight excluding hydrogens is 274 g/mol. The van der Waals surface area contributed by atoms with Crippen LogP contribution in [0.2, 0.25) is 0 Å². The Balaban J connectivity index is 2.76. The van der Waals surface area contributed by atoms with Crippen molar-refractivity contribution in [2.24, 2.45) is 11.8 Å². The van der Waals surface area contributed by atoms with Gasteiger partial charge in [-0.15, -0.1) is 0 Å². The number of rotatable bonds is 8. The Kier molecular flexibility index (Phi) is 7.48. The third-order valence-electron chi connectivity index (χ3n) is 4.48. The van der Waals surface area contributed by atoms with Crippen LogP contribution in [-0.2, 0) is 14.6 Å². The van der Waals surface area contributed by atoms with Gasteiger partial charge in [0.15, 0.2) is 9.84 Å². The highest BCUT2D eigenvalue weighted by Crippen LogP contribution is 2.34. The number of hydrogen-bond acceptors (Lipinski definition) is 4. The third-order valence-corrected chi connectivity index (χ3v) is 6.78. The van der Waals surface area contributed by atoms with Gasteiger partial charge in [0.05, 0.1) is 11.0 Å². The van der Waals surface area contributed by atoms with E-state index in [0.717, 1.165) is 25.8 Å². The Bertz CT molecular complexity index is 367. The van der Waals surface area contributed by atoms with Crippen LogP contribution in [0.3, 0.4) is 0 Å². The summed E-state index contributed by atoms with van der Waals surface area (Å²) in [5, 5.41) is 3.16. The molecule has 0 saturated heterocycles. The molecule has 1 rings (SSSR count). The lowest BCUT2D eigenvalue weighted by molar-refractivity contribution is 0.199. The van der Waals surface area contributed by atoms with Gasteiger partial charge in [0.1, 0.15) is 0 Å². The minimum Gasteiger partial charge on any atom is -0.385 e. The molecule has 5 heteroatoms. The Hall–Kier alpha value is -0.130. The van der Waals surface area contributed by atoms with Crippen molar-refractivity contribution in [3.63, 3.8) is 0 Å². The summed E-state index contributed by atoms with van der Waals surface area (Å²) >= 11 is 0. The fraction of sp³-hybridized carbons (Fsp3) is 1.00. The van der Waals surface area contributed by atoms with Crippen molar-refractivity contribution in [1.82, 2.24) is 5.32 Å². The smallest absolute Gasteiger partial charge is 0.154 e. The first kappa shape index (κ1) is 17.9. The number of methoxy groups -OCH3 is 1. The highest BCUT2D eigenvalue weighted by Gasteiger charge is 2.38. The molecule has 120 valence electrons. The molecule has 0 spiro atoms. The summed E-state index contributed by atoms with van der Waals surface area (Å²) in [5.74, 6) is 1.35. The van der Waals surface area contributed by atoms with Crippen LogP contribution < -0.4 is 5.32 Å². The minimum absolute atomic E-state index is 0.127. The second-order valence-electron chi connectivity index (χ2n) is 6.23. The van der Waals surface area contributed by atoms with Crippen molar-refractivity contribution in [2.45, 2.75) is 57.7 Å². The molecule has 1 aliphatic carbocycles. The molecular formula is C15H31NO3S. The lowest BCUT2D eigenvalue weighted by Gasteiger charge is -2.37. The SMILES string of the molecule is CCNC1CCC(C(C)C)CC1S(=O)(=O)CCCOC. The van der Waals surface area contributed by atoms with E-state index in [9.17, 15) is 8.42 Å². The Morgan fingerprint density at radius 1 is 1.30 bits per heavy atom. The van der Waals surface area contributed by atoms with Crippen LogP contribution in [0, 0.1) is 11.8 Å². The van der Waals surface area contributed by atoms with Gasteiger partial charge in [0.25, 0.3) is 0 Å². The van der Waals surface area contributed by atoms with E-state index in [1.165, 1.54) is 0 Å². The molecule has 0 heterocycles. The van der Waals surface area contributed by atoms with E-state index < -0.39 is 9.84 Å². The summed E-state index contributed by atoms with van der Waals surface area (Å²) in [6, 6.07) is 0.127. The highest BCUT2D eigenvalue weighted by molar-refractivity contribution is 7.92. The first-order chi connectivity index (χ1) is 9.42. The minimum atomic E-state index is -3.04. The second kappa shape index (κ2) is 8.35. The largest absolute Gasteiger partial charge is 0.385 e. The molecule has 0 amide bonds. The molecule has 0 aromatic heterocycles. The Labute approximate surface area is 124 Å².